The van der Waals surface area contributed by atoms with Crippen LogP contribution in [0.4, 0.5) is 0 Å². The SMILES string of the molecule is Cc1ccc(CCC(=O)NCCCBr)cc1. The van der Waals surface area contributed by atoms with E-state index in [9.17, 15) is 4.79 Å². The summed E-state index contributed by atoms with van der Waals surface area (Å²) < 4.78 is 0. The summed E-state index contributed by atoms with van der Waals surface area (Å²) in [7, 11) is 0. The molecule has 0 radical (unpaired) electrons. The lowest BCUT2D eigenvalue weighted by Crippen LogP contribution is -2.24. The van der Waals surface area contributed by atoms with Crippen molar-refractivity contribution < 1.29 is 4.79 Å². The number of carbonyl (C=O) groups is 1. The van der Waals surface area contributed by atoms with Gasteiger partial charge in [-0.15, -0.1) is 0 Å². The minimum Gasteiger partial charge on any atom is -0.356 e. The summed E-state index contributed by atoms with van der Waals surface area (Å²) >= 11 is 3.33. The molecular weight excluding hydrogens is 266 g/mol. The lowest BCUT2D eigenvalue weighted by molar-refractivity contribution is -0.121. The molecular formula is C13H18BrNO. The second kappa shape index (κ2) is 7.44. The van der Waals surface area contributed by atoms with Crippen LogP contribution >= 0.6 is 15.9 Å². The number of hydrogen-bond acceptors (Lipinski definition) is 1. The third-order valence-electron chi connectivity index (χ3n) is 2.39. The Balaban J connectivity index is 2.23. The van der Waals surface area contributed by atoms with E-state index in [2.05, 4.69) is 52.4 Å². The van der Waals surface area contributed by atoms with Gasteiger partial charge in [-0.2, -0.15) is 0 Å². The number of alkyl halides is 1. The number of amides is 1. The Labute approximate surface area is 106 Å². The molecule has 0 saturated carbocycles. The molecule has 0 aliphatic rings. The molecule has 3 heteroatoms. The second-order valence-electron chi connectivity index (χ2n) is 3.88. The van der Waals surface area contributed by atoms with Crippen molar-refractivity contribution in [3.63, 3.8) is 0 Å². The summed E-state index contributed by atoms with van der Waals surface area (Å²) in [5, 5.41) is 3.83. The third-order valence-corrected chi connectivity index (χ3v) is 2.95. The fraction of sp³-hybridized carbons (Fsp3) is 0.462. The molecule has 0 spiro atoms. The van der Waals surface area contributed by atoms with E-state index in [0.717, 1.165) is 24.7 Å². The van der Waals surface area contributed by atoms with Gasteiger partial charge < -0.3 is 5.32 Å². The standard InChI is InChI=1S/C13H18BrNO/c1-11-3-5-12(6-4-11)7-8-13(16)15-10-2-9-14/h3-6H,2,7-10H2,1H3,(H,15,16). The number of aryl methyl sites for hydroxylation is 2. The number of rotatable bonds is 6. The fourth-order valence-electron chi connectivity index (χ4n) is 1.40. The summed E-state index contributed by atoms with van der Waals surface area (Å²) in [6, 6.07) is 8.33. The maximum atomic E-state index is 11.4. The number of carbonyl (C=O) groups excluding carboxylic acids is 1. The van der Waals surface area contributed by atoms with Crippen molar-refractivity contribution in [1.82, 2.24) is 5.32 Å². The van der Waals surface area contributed by atoms with Crippen LogP contribution in [0.1, 0.15) is 24.0 Å². The van der Waals surface area contributed by atoms with Crippen molar-refractivity contribution in [3.8, 4) is 0 Å². The van der Waals surface area contributed by atoms with Crippen LogP contribution < -0.4 is 5.32 Å². The first-order valence-corrected chi connectivity index (χ1v) is 6.72. The van der Waals surface area contributed by atoms with E-state index in [1.54, 1.807) is 0 Å². The van der Waals surface area contributed by atoms with Crippen LogP contribution in [0, 0.1) is 6.92 Å². The van der Waals surface area contributed by atoms with Crippen molar-refractivity contribution in [2.45, 2.75) is 26.2 Å². The zero-order valence-electron chi connectivity index (χ0n) is 9.63. The van der Waals surface area contributed by atoms with Gasteiger partial charge in [0.05, 0.1) is 0 Å². The highest BCUT2D eigenvalue weighted by atomic mass is 79.9. The van der Waals surface area contributed by atoms with Crippen molar-refractivity contribution in [2.24, 2.45) is 0 Å². The van der Waals surface area contributed by atoms with E-state index in [1.807, 2.05) is 0 Å². The Kier molecular flexibility index (Phi) is 6.16. The van der Waals surface area contributed by atoms with Crippen molar-refractivity contribution in [3.05, 3.63) is 35.4 Å². The van der Waals surface area contributed by atoms with Gasteiger partial charge in [0.1, 0.15) is 0 Å². The van der Waals surface area contributed by atoms with Crippen LogP contribution in [-0.4, -0.2) is 17.8 Å². The van der Waals surface area contributed by atoms with E-state index in [1.165, 1.54) is 11.1 Å². The summed E-state index contributed by atoms with van der Waals surface area (Å²) in [5.41, 5.74) is 2.48. The monoisotopic (exact) mass is 283 g/mol. The summed E-state index contributed by atoms with van der Waals surface area (Å²) in [5.74, 6) is 0.140. The zero-order valence-corrected chi connectivity index (χ0v) is 11.2. The quantitative estimate of drug-likeness (QED) is 0.631. The number of benzene rings is 1. The van der Waals surface area contributed by atoms with Crippen LogP contribution in [0.25, 0.3) is 0 Å². The van der Waals surface area contributed by atoms with E-state index < -0.39 is 0 Å². The van der Waals surface area contributed by atoms with Crippen molar-refractivity contribution in [2.75, 3.05) is 11.9 Å². The first-order chi connectivity index (χ1) is 7.72. The number of halogens is 1. The molecule has 2 nitrogen and oxygen atoms in total. The smallest absolute Gasteiger partial charge is 0.220 e. The Bertz CT molecular complexity index is 321. The summed E-state index contributed by atoms with van der Waals surface area (Å²) in [6.07, 6.45) is 2.38. The molecule has 0 bridgehead atoms. The van der Waals surface area contributed by atoms with Gasteiger partial charge in [-0.05, 0) is 25.3 Å². The highest BCUT2D eigenvalue weighted by molar-refractivity contribution is 9.09. The molecule has 1 aromatic carbocycles. The van der Waals surface area contributed by atoms with Gasteiger partial charge in [0.25, 0.3) is 0 Å². The van der Waals surface area contributed by atoms with Crippen molar-refractivity contribution >= 4 is 21.8 Å². The molecule has 1 rings (SSSR count). The lowest BCUT2D eigenvalue weighted by Gasteiger charge is -2.04. The summed E-state index contributed by atoms with van der Waals surface area (Å²) in [6.45, 7) is 2.83. The molecule has 0 aliphatic carbocycles. The lowest BCUT2D eigenvalue weighted by atomic mass is 10.1. The molecule has 1 aromatic rings. The molecule has 0 unspecified atom stereocenters. The Hall–Kier alpha value is -0.830. The first kappa shape index (κ1) is 13.2. The number of hydrogen-bond donors (Lipinski definition) is 1. The molecule has 0 saturated heterocycles. The van der Waals surface area contributed by atoms with Crippen LogP contribution in [0.2, 0.25) is 0 Å². The number of nitrogens with one attached hydrogen (secondary N) is 1. The zero-order chi connectivity index (χ0) is 11.8. The minimum atomic E-state index is 0.140. The van der Waals surface area contributed by atoms with Gasteiger partial charge in [-0.1, -0.05) is 45.8 Å². The van der Waals surface area contributed by atoms with Crippen LogP contribution in [0.5, 0.6) is 0 Å². The highest BCUT2D eigenvalue weighted by Crippen LogP contribution is 2.05. The topological polar surface area (TPSA) is 29.1 Å². The second-order valence-corrected chi connectivity index (χ2v) is 4.67. The normalized spacial score (nSPS) is 10.1. The molecule has 0 aliphatic heterocycles. The van der Waals surface area contributed by atoms with Gasteiger partial charge >= 0.3 is 0 Å². The Morgan fingerprint density at radius 3 is 2.62 bits per heavy atom. The largest absolute Gasteiger partial charge is 0.356 e. The van der Waals surface area contributed by atoms with E-state index in [0.29, 0.717) is 6.42 Å². The highest BCUT2D eigenvalue weighted by Gasteiger charge is 2.01. The molecule has 16 heavy (non-hydrogen) atoms. The van der Waals surface area contributed by atoms with E-state index in [4.69, 9.17) is 0 Å². The molecule has 0 atom stereocenters. The van der Waals surface area contributed by atoms with Gasteiger partial charge in [-0.25, -0.2) is 0 Å². The maximum Gasteiger partial charge on any atom is 0.220 e. The first-order valence-electron chi connectivity index (χ1n) is 5.60. The Morgan fingerprint density at radius 2 is 2.00 bits per heavy atom. The van der Waals surface area contributed by atoms with E-state index >= 15 is 0 Å². The van der Waals surface area contributed by atoms with Gasteiger partial charge in [0.15, 0.2) is 0 Å². The maximum absolute atomic E-state index is 11.4. The van der Waals surface area contributed by atoms with Crippen LogP contribution in [0.15, 0.2) is 24.3 Å². The molecule has 1 amide bonds. The predicted octanol–water partition coefficient (Wildman–Crippen LogP) is 2.83. The average Bonchev–Trinajstić information content (AvgIpc) is 2.29. The third kappa shape index (κ3) is 5.31. The van der Waals surface area contributed by atoms with Crippen molar-refractivity contribution in [1.29, 1.82) is 0 Å². The molecule has 1 N–H and O–H groups in total. The Morgan fingerprint density at radius 1 is 1.31 bits per heavy atom. The van der Waals surface area contributed by atoms with Gasteiger partial charge in [0, 0.05) is 18.3 Å². The predicted molar refractivity (Wildman–Crippen MR) is 70.9 cm³/mol. The molecule has 0 heterocycles. The average molecular weight is 284 g/mol. The van der Waals surface area contributed by atoms with E-state index in [-0.39, 0.29) is 5.91 Å². The molecule has 0 aromatic heterocycles. The molecule has 88 valence electrons. The van der Waals surface area contributed by atoms with Gasteiger partial charge in [-0.3, -0.25) is 4.79 Å². The van der Waals surface area contributed by atoms with Gasteiger partial charge in [0.2, 0.25) is 5.91 Å². The fourth-order valence-corrected chi connectivity index (χ4v) is 1.68. The molecule has 0 fully saturated rings. The summed E-state index contributed by atoms with van der Waals surface area (Å²) in [4.78, 5) is 11.4. The minimum absolute atomic E-state index is 0.140. The van der Waals surface area contributed by atoms with Crippen LogP contribution in [-0.2, 0) is 11.2 Å². The van der Waals surface area contributed by atoms with Crippen LogP contribution in [0.3, 0.4) is 0 Å².